The minimum Gasteiger partial charge on any atom is -0.428 e. The van der Waals surface area contributed by atoms with E-state index in [4.69, 9.17) is 4.74 Å². The molecule has 2 aliphatic rings. The molecule has 1 atom stereocenters. The van der Waals surface area contributed by atoms with Crippen molar-refractivity contribution in [2.45, 2.75) is 6.29 Å². The van der Waals surface area contributed by atoms with Gasteiger partial charge in [-0.15, -0.1) is 0 Å². The maximum Gasteiger partial charge on any atom is 0.347 e. The fraction of sp³-hybridized carbons (Fsp3) is 0.0714. The Hall–Kier alpha value is -2.73. The van der Waals surface area contributed by atoms with Crippen molar-refractivity contribution in [2.24, 2.45) is 0 Å². The summed E-state index contributed by atoms with van der Waals surface area (Å²) in [6.45, 7) is 0. The molecule has 2 aromatic carbocycles. The second kappa shape index (κ2) is 3.43. The first-order valence-corrected chi connectivity index (χ1v) is 5.83. The quantitative estimate of drug-likeness (QED) is 0.573. The SMILES string of the molecule is O=C1OC(=O)c2c1ccc1c3c(ccc21)C(=O)OC3O. The van der Waals surface area contributed by atoms with Crippen LogP contribution in [-0.2, 0) is 9.47 Å². The summed E-state index contributed by atoms with van der Waals surface area (Å²) < 4.78 is 9.31. The lowest BCUT2D eigenvalue weighted by Crippen LogP contribution is -1.99. The third-order valence-electron chi connectivity index (χ3n) is 3.54. The van der Waals surface area contributed by atoms with Gasteiger partial charge in [0.15, 0.2) is 0 Å². The average Bonchev–Trinajstić information content (AvgIpc) is 2.87. The second-order valence-electron chi connectivity index (χ2n) is 4.54. The zero-order chi connectivity index (χ0) is 14.0. The van der Waals surface area contributed by atoms with Crippen LogP contribution < -0.4 is 0 Å². The van der Waals surface area contributed by atoms with E-state index in [0.29, 0.717) is 16.3 Å². The van der Waals surface area contributed by atoms with Gasteiger partial charge in [-0.05, 0) is 22.9 Å². The number of carbonyl (C=O) groups is 3. The Labute approximate surface area is 111 Å². The first-order valence-electron chi connectivity index (χ1n) is 5.83. The van der Waals surface area contributed by atoms with Crippen molar-refractivity contribution in [1.29, 1.82) is 0 Å². The number of esters is 3. The standard InChI is InChI=1S/C14H6O6/c15-11-7-3-1-5-6(10(7)14(18)19-11)2-4-8-9(5)13(17)20-12(8)16/h1-4,13,17H. The van der Waals surface area contributed by atoms with E-state index in [1.165, 1.54) is 12.1 Å². The van der Waals surface area contributed by atoms with Crippen molar-refractivity contribution in [3.63, 3.8) is 0 Å². The van der Waals surface area contributed by atoms with Crippen molar-refractivity contribution in [3.05, 3.63) is 46.5 Å². The van der Waals surface area contributed by atoms with Crippen molar-refractivity contribution >= 4 is 28.7 Å². The van der Waals surface area contributed by atoms with Crippen molar-refractivity contribution < 1.29 is 29.0 Å². The Bertz CT molecular complexity index is 835. The van der Waals surface area contributed by atoms with Crippen LogP contribution in [0.3, 0.4) is 0 Å². The summed E-state index contributed by atoms with van der Waals surface area (Å²) in [6.07, 6.45) is -1.37. The van der Waals surface area contributed by atoms with E-state index in [1.54, 1.807) is 12.1 Å². The van der Waals surface area contributed by atoms with Gasteiger partial charge in [-0.25, -0.2) is 14.4 Å². The number of cyclic esters (lactones) is 3. The number of fused-ring (bicyclic) bond motifs is 5. The molecule has 0 aliphatic carbocycles. The van der Waals surface area contributed by atoms with E-state index in [1.807, 2.05) is 0 Å². The largest absolute Gasteiger partial charge is 0.428 e. The number of ether oxygens (including phenoxy) is 2. The summed E-state index contributed by atoms with van der Waals surface area (Å²) >= 11 is 0. The molecule has 6 nitrogen and oxygen atoms in total. The van der Waals surface area contributed by atoms with Crippen LogP contribution >= 0.6 is 0 Å². The molecule has 0 fully saturated rings. The highest BCUT2D eigenvalue weighted by molar-refractivity contribution is 6.22. The minimum atomic E-state index is -1.37. The number of hydrogen-bond acceptors (Lipinski definition) is 6. The molecule has 2 heterocycles. The Morgan fingerprint density at radius 3 is 2.35 bits per heavy atom. The number of benzene rings is 2. The maximum atomic E-state index is 11.7. The van der Waals surface area contributed by atoms with Gasteiger partial charge >= 0.3 is 17.9 Å². The van der Waals surface area contributed by atoms with E-state index >= 15 is 0 Å². The fourth-order valence-corrected chi connectivity index (χ4v) is 2.68. The summed E-state index contributed by atoms with van der Waals surface area (Å²) in [4.78, 5) is 34.8. The Morgan fingerprint density at radius 2 is 1.55 bits per heavy atom. The number of aliphatic hydroxyl groups is 1. The van der Waals surface area contributed by atoms with Gasteiger partial charge in [0, 0.05) is 5.56 Å². The summed E-state index contributed by atoms with van der Waals surface area (Å²) in [7, 11) is 0. The molecular formula is C14H6O6. The third kappa shape index (κ3) is 1.18. The molecule has 0 bridgehead atoms. The molecule has 0 aromatic heterocycles. The smallest absolute Gasteiger partial charge is 0.347 e. The molecule has 1 N–H and O–H groups in total. The number of hydrogen-bond donors (Lipinski definition) is 1. The Kier molecular flexibility index (Phi) is 1.91. The monoisotopic (exact) mass is 270 g/mol. The zero-order valence-corrected chi connectivity index (χ0v) is 9.88. The Morgan fingerprint density at radius 1 is 0.850 bits per heavy atom. The number of carbonyl (C=O) groups excluding carboxylic acids is 3. The van der Waals surface area contributed by atoms with Gasteiger partial charge in [0.2, 0.25) is 6.29 Å². The zero-order valence-electron chi connectivity index (χ0n) is 9.88. The Balaban J connectivity index is 2.14. The molecule has 1 unspecified atom stereocenters. The summed E-state index contributed by atoms with van der Waals surface area (Å²) in [5.74, 6) is -2.04. The summed E-state index contributed by atoms with van der Waals surface area (Å²) in [6, 6.07) is 6.03. The van der Waals surface area contributed by atoms with E-state index < -0.39 is 24.2 Å². The van der Waals surface area contributed by atoms with Gasteiger partial charge in [-0.3, -0.25) is 0 Å². The lowest BCUT2D eigenvalue weighted by atomic mass is 9.94. The molecule has 4 rings (SSSR count). The van der Waals surface area contributed by atoms with Crippen LogP contribution in [0.5, 0.6) is 0 Å². The lowest BCUT2D eigenvalue weighted by Gasteiger charge is -2.07. The number of rotatable bonds is 0. The highest BCUT2D eigenvalue weighted by atomic mass is 16.6. The molecule has 2 aliphatic heterocycles. The topological polar surface area (TPSA) is 89.9 Å². The fourth-order valence-electron chi connectivity index (χ4n) is 2.68. The highest BCUT2D eigenvalue weighted by Crippen LogP contribution is 2.38. The second-order valence-corrected chi connectivity index (χ2v) is 4.54. The van der Waals surface area contributed by atoms with E-state index in [0.717, 1.165) is 0 Å². The molecule has 20 heavy (non-hydrogen) atoms. The van der Waals surface area contributed by atoms with E-state index in [2.05, 4.69) is 4.74 Å². The van der Waals surface area contributed by atoms with Crippen LogP contribution in [0.2, 0.25) is 0 Å². The predicted molar refractivity (Wildman–Crippen MR) is 64.1 cm³/mol. The first-order chi connectivity index (χ1) is 9.58. The van der Waals surface area contributed by atoms with Crippen LogP contribution in [0, 0.1) is 0 Å². The van der Waals surface area contributed by atoms with Crippen LogP contribution in [0.1, 0.15) is 42.9 Å². The van der Waals surface area contributed by atoms with E-state index in [9.17, 15) is 19.5 Å². The van der Waals surface area contributed by atoms with Crippen molar-refractivity contribution in [3.8, 4) is 0 Å². The minimum absolute atomic E-state index is 0.154. The highest BCUT2D eigenvalue weighted by Gasteiger charge is 2.36. The van der Waals surface area contributed by atoms with Crippen molar-refractivity contribution in [1.82, 2.24) is 0 Å². The molecule has 0 saturated carbocycles. The molecule has 0 radical (unpaired) electrons. The lowest BCUT2D eigenvalue weighted by molar-refractivity contribution is -0.0540. The molecule has 98 valence electrons. The van der Waals surface area contributed by atoms with Crippen LogP contribution in [-0.4, -0.2) is 23.0 Å². The van der Waals surface area contributed by atoms with Crippen molar-refractivity contribution in [2.75, 3.05) is 0 Å². The molecule has 6 heteroatoms. The summed E-state index contributed by atoms with van der Waals surface area (Å²) in [5.41, 5.74) is 0.897. The average molecular weight is 270 g/mol. The maximum absolute atomic E-state index is 11.7. The van der Waals surface area contributed by atoms with Gasteiger partial charge in [0.05, 0.1) is 16.7 Å². The molecule has 2 aromatic rings. The van der Waals surface area contributed by atoms with Crippen LogP contribution in [0.4, 0.5) is 0 Å². The molecular weight excluding hydrogens is 264 g/mol. The molecule has 0 saturated heterocycles. The predicted octanol–water partition coefficient (Wildman–Crippen LogP) is 1.31. The normalized spacial score (nSPS) is 19.9. The van der Waals surface area contributed by atoms with Gasteiger partial charge < -0.3 is 14.6 Å². The third-order valence-corrected chi connectivity index (χ3v) is 3.54. The number of aliphatic hydroxyl groups excluding tert-OH is 1. The van der Waals surface area contributed by atoms with Gasteiger partial charge in [0.1, 0.15) is 0 Å². The van der Waals surface area contributed by atoms with Gasteiger partial charge in [0.25, 0.3) is 0 Å². The van der Waals surface area contributed by atoms with Crippen LogP contribution in [0.15, 0.2) is 24.3 Å². The van der Waals surface area contributed by atoms with E-state index in [-0.39, 0.29) is 16.7 Å². The first kappa shape index (κ1) is 11.1. The van der Waals surface area contributed by atoms with Gasteiger partial charge in [-0.1, -0.05) is 12.1 Å². The molecule has 0 spiro atoms. The van der Waals surface area contributed by atoms with Gasteiger partial charge in [-0.2, -0.15) is 0 Å². The van der Waals surface area contributed by atoms with Crippen LogP contribution in [0.25, 0.3) is 10.8 Å². The summed E-state index contributed by atoms with van der Waals surface area (Å²) in [5, 5.41) is 10.7. The molecule has 0 amide bonds.